The van der Waals surface area contributed by atoms with E-state index >= 15 is 0 Å². The van der Waals surface area contributed by atoms with Gasteiger partial charge in [0.05, 0.1) is 0 Å². The van der Waals surface area contributed by atoms with Gasteiger partial charge in [-0.1, -0.05) is 184 Å². The standard InChI is InChI=1S/C23H22O.C16H16O.C9H10/c1-17-7-5-8-19(15-17)13-14-21(24)16-18(2)22-12-6-10-20-9-3-4-11-23(20)22;1-3-14(17)11-12(2)15-10-6-8-13-7-4-5-9-16(13)15;1-3-9-6-4-5-8(2)7-9/h3-15,18H,16H2,1-2H3;3-10,12H,1,11H2,2H3;3-7H,1H2,2H3/b14-13+;;/t18-;12-;/m00./s1. The number of benzene rings is 6. The highest BCUT2D eigenvalue weighted by Gasteiger charge is 2.13. The molecule has 50 heavy (non-hydrogen) atoms. The van der Waals surface area contributed by atoms with Crippen molar-refractivity contribution in [2.75, 3.05) is 0 Å². The molecule has 0 fully saturated rings. The third-order valence-corrected chi connectivity index (χ3v) is 8.73. The van der Waals surface area contributed by atoms with E-state index in [0.29, 0.717) is 12.8 Å². The van der Waals surface area contributed by atoms with Crippen LogP contribution in [-0.4, -0.2) is 11.6 Å². The minimum Gasteiger partial charge on any atom is -0.295 e. The van der Waals surface area contributed by atoms with Crippen LogP contribution in [0.25, 0.3) is 33.7 Å². The molecule has 2 heteroatoms. The van der Waals surface area contributed by atoms with Crippen LogP contribution in [0.3, 0.4) is 0 Å². The van der Waals surface area contributed by atoms with Crippen LogP contribution in [-0.2, 0) is 9.59 Å². The van der Waals surface area contributed by atoms with Crippen molar-refractivity contribution < 1.29 is 9.59 Å². The molecule has 0 saturated carbocycles. The van der Waals surface area contributed by atoms with Crippen molar-refractivity contribution in [3.05, 3.63) is 192 Å². The fraction of sp³-hybridized carbons (Fsp3) is 0.167. The highest BCUT2D eigenvalue weighted by atomic mass is 16.1. The third kappa shape index (κ3) is 11.0. The second kappa shape index (κ2) is 18.8. The van der Waals surface area contributed by atoms with E-state index in [1.807, 2.05) is 60.7 Å². The molecule has 2 nitrogen and oxygen atoms in total. The van der Waals surface area contributed by atoms with Crippen molar-refractivity contribution in [3.8, 4) is 0 Å². The molecule has 6 aromatic carbocycles. The van der Waals surface area contributed by atoms with Gasteiger partial charge in [-0.05, 0) is 81.6 Å². The minimum absolute atomic E-state index is 0.102. The van der Waals surface area contributed by atoms with E-state index in [-0.39, 0.29) is 23.4 Å². The zero-order chi connectivity index (χ0) is 35.9. The van der Waals surface area contributed by atoms with E-state index in [0.717, 1.165) is 5.56 Å². The molecule has 0 aromatic heterocycles. The Kier molecular flexibility index (Phi) is 14.0. The summed E-state index contributed by atoms with van der Waals surface area (Å²) in [7, 11) is 0. The minimum atomic E-state index is 0.102. The van der Waals surface area contributed by atoms with Gasteiger partial charge in [0.15, 0.2) is 11.6 Å². The number of hydrogen-bond acceptors (Lipinski definition) is 2. The number of carbonyl (C=O) groups excluding carboxylic acids is 2. The maximum atomic E-state index is 12.3. The van der Waals surface area contributed by atoms with E-state index in [2.05, 4.69) is 126 Å². The Hall–Kier alpha value is -5.60. The summed E-state index contributed by atoms with van der Waals surface area (Å²) in [5.41, 5.74) is 7.22. The molecule has 0 heterocycles. The average Bonchev–Trinajstić information content (AvgIpc) is 3.14. The number of allylic oxidation sites excluding steroid dienone is 2. The van der Waals surface area contributed by atoms with Crippen LogP contribution < -0.4 is 0 Å². The fourth-order valence-electron chi connectivity index (χ4n) is 6.10. The zero-order valence-corrected chi connectivity index (χ0v) is 29.8. The van der Waals surface area contributed by atoms with E-state index in [1.165, 1.54) is 55.4 Å². The molecular formula is C48H48O2. The molecular weight excluding hydrogens is 609 g/mol. The predicted molar refractivity (Wildman–Crippen MR) is 216 cm³/mol. The van der Waals surface area contributed by atoms with Gasteiger partial charge in [0, 0.05) is 12.8 Å². The molecule has 0 spiro atoms. The monoisotopic (exact) mass is 656 g/mol. The van der Waals surface area contributed by atoms with Crippen molar-refractivity contribution in [1.29, 1.82) is 0 Å². The highest BCUT2D eigenvalue weighted by Crippen LogP contribution is 2.29. The van der Waals surface area contributed by atoms with Crippen LogP contribution in [0.5, 0.6) is 0 Å². The van der Waals surface area contributed by atoms with Gasteiger partial charge in [-0.15, -0.1) is 0 Å². The first-order chi connectivity index (χ1) is 24.2. The Morgan fingerprint density at radius 3 is 1.48 bits per heavy atom. The summed E-state index contributed by atoms with van der Waals surface area (Å²) in [5.74, 6) is 0.694. The Balaban J connectivity index is 0.000000187. The zero-order valence-electron chi connectivity index (χ0n) is 29.8. The van der Waals surface area contributed by atoms with Gasteiger partial charge < -0.3 is 0 Å². The summed E-state index contributed by atoms with van der Waals surface area (Å²) >= 11 is 0. The molecule has 0 aliphatic heterocycles. The van der Waals surface area contributed by atoms with Crippen LogP contribution in [0.2, 0.25) is 0 Å². The van der Waals surface area contributed by atoms with Gasteiger partial charge in [0.2, 0.25) is 0 Å². The SMILES string of the molecule is C=CC(=O)C[C@H](C)c1cccc2ccccc12.C=Cc1cccc(C)c1.Cc1cccc(/C=C/C(=O)C[C@H](C)c2cccc3ccccc23)c1. The van der Waals surface area contributed by atoms with Gasteiger partial charge >= 0.3 is 0 Å². The largest absolute Gasteiger partial charge is 0.295 e. The number of ketones is 2. The predicted octanol–water partition coefficient (Wildman–Crippen LogP) is 12.7. The summed E-state index contributed by atoms with van der Waals surface area (Å²) in [6.45, 7) is 15.5. The van der Waals surface area contributed by atoms with Gasteiger partial charge in [0.25, 0.3) is 0 Å². The van der Waals surface area contributed by atoms with Gasteiger partial charge in [-0.25, -0.2) is 0 Å². The third-order valence-electron chi connectivity index (χ3n) is 8.73. The molecule has 6 rings (SSSR count). The van der Waals surface area contributed by atoms with Crippen LogP contribution in [0.1, 0.15) is 71.9 Å². The van der Waals surface area contributed by atoms with Crippen molar-refractivity contribution in [2.24, 2.45) is 0 Å². The summed E-state index contributed by atoms with van der Waals surface area (Å²) in [5, 5.41) is 4.93. The summed E-state index contributed by atoms with van der Waals surface area (Å²) in [6.07, 6.45) is 7.92. The number of carbonyl (C=O) groups is 2. The Labute approximate surface area is 298 Å². The van der Waals surface area contributed by atoms with Crippen molar-refractivity contribution in [1.82, 2.24) is 0 Å². The van der Waals surface area contributed by atoms with E-state index in [9.17, 15) is 9.59 Å². The molecule has 0 aliphatic rings. The molecule has 0 bridgehead atoms. The molecule has 0 radical (unpaired) electrons. The maximum Gasteiger partial charge on any atom is 0.156 e. The van der Waals surface area contributed by atoms with Gasteiger partial charge in [-0.2, -0.15) is 0 Å². The molecule has 6 aromatic rings. The lowest BCUT2D eigenvalue weighted by molar-refractivity contribution is -0.115. The smallest absolute Gasteiger partial charge is 0.156 e. The number of aryl methyl sites for hydroxylation is 2. The molecule has 2 atom stereocenters. The first-order valence-corrected chi connectivity index (χ1v) is 17.3. The molecule has 0 saturated heterocycles. The fourth-order valence-corrected chi connectivity index (χ4v) is 6.10. The van der Waals surface area contributed by atoms with Crippen LogP contribution in [0.4, 0.5) is 0 Å². The molecule has 0 aliphatic carbocycles. The summed E-state index contributed by atoms with van der Waals surface area (Å²) < 4.78 is 0. The molecule has 0 unspecified atom stereocenters. The quantitative estimate of drug-likeness (QED) is 0.138. The van der Waals surface area contributed by atoms with Crippen molar-refractivity contribution in [2.45, 2.75) is 52.4 Å². The number of fused-ring (bicyclic) bond motifs is 2. The topological polar surface area (TPSA) is 34.1 Å². The number of hydrogen-bond donors (Lipinski definition) is 0. The van der Waals surface area contributed by atoms with Crippen molar-refractivity contribution >= 4 is 45.3 Å². The average molecular weight is 657 g/mol. The highest BCUT2D eigenvalue weighted by molar-refractivity contribution is 5.95. The van der Waals surface area contributed by atoms with Crippen LogP contribution >= 0.6 is 0 Å². The lowest BCUT2D eigenvalue weighted by Crippen LogP contribution is -2.02. The Bertz CT molecular complexity index is 2090. The van der Waals surface area contributed by atoms with E-state index < -0.39 is 0 Å². The Morgan fingerprint density at radius 2 is 1.00 bits per heavy atom. The lowest BCUT2D eigenvalue weighted by atomic mass is 9.91. The van der Waals surface area contributed by atoms with Gasteiger partial charge in [0.1, 0.15) is 0 Å². The summed E-state index contributed by atoms with van der Waals surface area (Å²) in [4.78, 5) is 23.7. The van der Waals surface area contributed by atoms with E-state index in [1.54, 1.807) is 6.08 Å². The summed E-state index contributed by atoms with van der Waals surface area (Å²) in [6, 6.07) is 45.6. The van der Waals surface area contributed by atoms with Crippen LogP contribution in [0.15, 0.2) is 159 Å². The molecule has 252 valence electrons. The molecule has 0 amide bonds. The second-order valence-electron chi connectivity index (χ2n) is 12.8. The normalized spacial score (nSPS) is 11.8. The first kappa shape index (κ1) is 37.2. The first-order valence-electron chi connectivity index (χ1n) is 17.3. The number of rotatable bonds is 10. The van der Waals surface area contributed by atoms with Gasteiger partial charge in [-0.3, -0.25) is 9.59 Å². The Morgan fingerprint density at radius 1 is 0.560 bits per heavy atom. The lowest BCUT2D eigenvalue weighted by Gasteiger charge is -2.13. The second-order valence-corrected chi connectivity index (χ2v) is 12.8. The molecule has 0 N–H and O–H groups in total. The maximum absolute atomic E-state index is 12.3. The van der Waals surface area contributed by atoms with Crippen LogP contribution in [0, 0.1) is 13.8 Å². The van der Waals surface area contributed by atoms with E-state index in [4.69, 9.17) is 0 Å². The van der Waals surface area contributed by atoms with Crippen molar-refractivity contribution in [3.63, 3.8) is 0 Å².